The summed E-state index contributed by atoms with van der Waals surface area (Å²) in [5.74, 6) is 1.52. The van der Waals surface area contributed by atoms with Crippen LogP contribution in [0.2, 0.25) is 5.02 Å². The molecule has 3 heterocycles. The average molecular weight is 342 g/mol. The normalized spacial score (nSPS) is 17.2. The minimum absolute atomic E-state index is 0.250. The SMILES string of the molecule is Clc1cccc(-c2noc(N[C@H]3CCN(c4ccccn4)C3)n2)c1. The lowest BCUT2D eigenvalue weighted by molar-refractivity contribution is 0.428. The number of pyridine rings is 1. The van der Waals surface area contributed by atoms with Crippen molar-refractivity contribution in [2.45, 2.75) is 12.5 Å². The maximum Gasteiger partial charge on any atom is 0.322 e. The predicted octanol–water partition coefficient (Wildman–Crippen LogP) is 3.48. The number of aromatic nitrogens is 3. The summed E-state index contributed by atoms with van der Waals surface area (Å²) in [5.41, 5.74) is 0.834. The van der Waals surface area contributed by atoms with Gasteiger partial charge in [0.05, 0.1) is 0 Å². The Hall–Kier alpha value is -2.60. The molecule has 7 heteroatoms. The predicted molar refractivity (Wildman–Crippen MR) is 93.2 cm³/mol. The summed E-state index contributed by atoms with van der Waals surface area (Å²) in [5, 5.41) is 7.96. The maximum absolute atomic E-state index is 6.00. The molecule has 1 aliphatic heterocycles. The summed E-state index contributed by atoms with van der Waals surface area (Å²) in [4.78, 5) is 11.0. The Labute approximate surface area is 144 Å². The third-order valence-corrected chi connectivity index (χ3v) is 4.23. The third kappa shape index (κ3) is 3.19. The third-order valence-electron chi connectivity index (χ3n) is 4.00. The summed E-state index contributed by atoms with van der Waals surface area (Å²) < 4.78 is 5.31. The van der Waals surface area contributed by atoms with Crippen molar-refractivity contribution in [3.05, 3.63) is 53.7 Å². The second-order valence-electron chi connectivity index (χ2n) is 5.70. The van der Waals surface area contributed by atoms with Crippen molar-refractivity contribution in [1.82, 2.24) is 15.1 Å². The Morgan fingerprint density at radius 3 is 3.00 bits per heavy atom. The quantitative estimate of drug-likeness (QED) is 0.783. The minimum atomic E-state index is 0.250. The summed E-state index contributed by atoms with van der Waals surface area (Å²) in [7, 11) is 0. The number of hydrogen-bond acceptors (Lipinski definition) is 6. The number of nitrogens with zero attached hydrogens (tertiary/aromatic N) is 4. The lowest BCUT2D eigenvalue weighted by atomic mass is 10.2. The Balaban J connectivity index is 1.42. The van der Waals surface area contributed by atoms with Gasteiger partial charge in [0, 0.05) is 35.9 Å². The molecule has 6 nitrogen and oxygen atoms in total. The van der Waals surface area contributed by atoms with Crippen LogP contribution in [0, 0.1) is 0 Å². The van der Waals surface area contributed by atoms with Crippen LogP contribution < -0.4 is 10.2 Å². The van der Waals surface area contributed by atoms with Crippen LogP contribution in [-0.4, -0.2) is 34.3 Å². The molecular weight excluding hydrogens is 326 g/mol. The lowest BCUT2D eigenvalue weighted by Crippen LogP contribution is -2.26. The van der Waals surface area contributed by atoms with Gasteiger partial charge in [-0.2, -0.15) is 4.98 Å². The highest BCUT2D eigenvalue weighted by Gasteiger charge is 2.24. The van der Waals surface area contributed by atoms with Crippen LogP contribution in [0.4, 0.5) is 11.8 Å². The fourth-order valence-corrected chi connectivity index (χ4v) is 3.02. The fraction of sp³-hybridized carbons (Fsp3) is 0.235. The van der Waals surface area contributed by atoms with Crippen molar-refractivity contribution in [3.63, 3.8) is 0 Å². The summed E-state index contributed by atoms with van der Waals surface area (Å²) >= 11 is 6.00. The summed E-state index contributed by atoms with van der Waals surface area (Å²) in [6, 6.07) is 14.0. The molecule has 1 aromatic carbocycles. The van der Waals surface area contributed by atoms with Crippen LogP contribution in [0.1, 0.15) is 6.42 Å². The lowest BCUT2D eigenvalue weighted by Gasteiger charge is -2.17. The first kappa shape index (κ1) is 15.0. The Morgan fingerprint density at radius 1 is 1.21 bits per heavy atom. The molecule has 1 fully saturated rings. The standard InChI is InChI=1S/C17H16ClN5O/c18-13-5-3-4-12(10-13)16-21-17(24-22-16)20-14-7-9-23(11-14)15-6-1-2-8-19-15/h1-6,8,10,14H,7,9,11H2,(H,20,21,22)/t14-/m0/s1. The van der Waals surface area contributed by atoms with Crippen LogP contribution in [-0.2, 0) is 0 Å². The molecule has 4 rings (SSSR count). The average Bonchev–Trinajstić information content (AvgIpc) is 3.26. The van der Waals surface area contributed by atoms with E-state index in [9.17, 15) is 0 Å². The molecule has 24 heavy (non-hydrogen) atoms. The molecule has 0 saturated carbocycles. The molecule has 3 aromatic rings. The van der Waals surface area contributed by atoms with Crippen molar-refractivity contribution < 1.29 is 4.52 Å². The van der Waals surface area contributed by atoms with E-state index >= 15 is 0 Å². The molecule has 1 aliphatic rings. The van der Waals surface area contributed by atoms with E-state index in [4.69, 9.17) is 16.1 Å². The van der Waals surface area contributed by atoms with E-state index in [2.05, 4.69) is 25.3 Å². The zero-order valence-electron chi connectivity index (χ0n) is 12.9. The highest BCUT2D eigenvalue weighted by Crippen LogP contribution is 2.23. The number of benzene rings is 1. The largest absolute Gasteiger partial charge is 0.354 e. The monoisotopic (exact) mass is 341 g/mol. The molecule has 122 valence electrons. The smallest absolute Gasteiger partial charge is 0.322 e. The highest BCUT2D eigenvalue weighted by atomic mass is 35.5. The molecule has 0 spiro atoms. The van der Waals surface area contributed by atoms with Gasteiger partial charge in [-0.15, -0.1) is 0 Å². The molecule has 1 N–H and O–H groups in total. The maximum atomic E-state index is 6.00. The van der Waals surface area contributed by atoms with Gasteiger partial charge in [-0.1, -0.05) is 35.0 Å². The highest BCUT2D eigenvalue weighted by molar-refractivity contribution is 6.30. The Kier molecular flexibility index (Phi) is 4.04. The number of hydrogen-bond donors (Lipinski definition) is 1. The molecule has 0 bridgehead atoms. The van der Waals surface area contributed by atoms with E-state index < -0.39 is 0 Å². The van der Waals surface area contributed by atoms with Gasteiger partial charge in [-0.05, 0) is 30.7 Å². The topological polar surface area (TPSA) is 67.1 Å². The summed E-state index contributed by atoms with van der Waals surface area (Å²) in [6.45, 7) is 1.80. The molecule has 2 aromatic heterocycles. The molecule has 0 unspecified atom stereocenters. The molecule has 1 saturated heterocycles. The van der Waals surface area contributed by atoms with Gasteiger partial charge in [0.1, 0.15) is 5.82 Å². The van der Waals surface area contributed by atoms with Crippen molar-refractivity contribution in [2.75, 3.05) is 23.3 Å². The second-order valence-corrected chi connectivity index (χ2v) is 6.13. The van der Waals surface area contributed by atoms with Gasteiger partial charge >= 0.3 is 6.01 Å². The van der Waals surface area contributed by atoms with E-state index in [-0.39, 0.29) is 6.04 Å². The van der Waals surface area contributed by atoms with Crippen molar-refractivity contribution >= 4 is 23.4 Å². The van der Waals surface area contributed by atoms with E-state index in [1.807, 2.05) is 48.7 Å². The Morgan fingerprint density at radius 2 is 2.17 bits per heavy atom. The van der Waals surface area contributed by atoms with Gasteiger partial charge in [0.25, 0.3) is 0 Å². The molecule has 0 aliphatic carbocycles. The minimum Gasteiger partial charge on any atom is -0.354 e. The van der Waals surface area contributed by atoms with Gasteiger partial charge in [-0.25, -0.2) is 4.98 Å². The van der Waals surface area contributed by atoms with Crippen LogP contribution >= 0.6 is 11.6 Å². The first-order chi connectivity index (χ1) is 11.8. The first-order valence-electron chi connectivity index (χ1n) is 7.80. The second kappa shape index (κ2) is 6.49. The van der Waals surface area contributed by atoms with Gasteiger partial charge in [0.15, 0.2) is 0 Å². The first-order valence-corrected chi connectivity index (χ1v) is 8.18. The van der Waals surface area contributed by atoms with Gasteiger partial charge in [-0.3, -0.25) is 0 Å². The van der Waals surface area contributed by atoms with Crippen molar-refractivity contribution in [3.8, 4) is 11.4 Å². The van der Waals surface area contributed by atoms with Gasteiger partial charge in [0.2, 0.25) is 5.82 Å². The number of halogens is 1. The van der Waals surface area contributed by atoms with Crippen molar-refractivity contribution in [2.24, 2.45) is 0 Å². The van der Waals surface area contributed by atoms with Crippen LogP contribution in [0.5, 0.6) is 0 Å². The summed E-state index contributed by atoms with van der Waals surface area (Å²) in [6.07, 6.45) is 2.80. The van der Waals surface area contributed by atoms with E-state index in [0.717, 1.165) is 30.9 Å². The fourth-order valence-electron chi connectivity index (χ4n) is 2.83. The van der Waals surface area contributed by atoms with E-state index in [1.54, 1.807) is 0 Å². The van der Waals surface area contributed by atoms with E-state index in [0.29, 0.717) is 16.9 Å². The molecule has 0 radical (unpaired) electrons. The number of rotatable bonds is 4. The molecule has 1 atom stereocenters. The number of nitrogens with one attached hydrogen (secondary N) is 1. The zero-order valence-corrected chi connectivity index (χ0v) is 13.6. The van der Waals surface area contributed by atoms with Crippen LogP contribution in [0.3, 0.4) is 0 Å². The van der Waals surface area contributed by atoms with Crippen LogP contribution in [0.15, 0.2) is 53.2 Å². The van der Waals surface area contributed by atoms with Crippen LogP contribution in [0.25, 0.3) is 11.4 Å². The Bertz CT molecular complexity index is 823. The van der Waals surface area contributed by atoms with E-state index in [1.165, 1.54) is 0 Å². The number of anilines is 2. The molecule has 0 amide bonds. The zero-order chi connectivity index (χ0) is 16.4. The van der Waals surface area contributed by atoms with Gasteiger partial charge < -0.3 is 14.7 Å². The van der Waals surface area contributed by atoms with Crippen molar-refractivity contribution in [1.29, 1.82) is 0 Å². The molecular formula is C17H16ClN5O.